The third-order valence-corrected chi connectivity index (χ3v) is 5.91. The molecule has 0 aliphatic carbocycles. The van der Waals surface area contributed by atoms with Gasteiger partial charge in [0.25, 0.3) is 11.5 Å². The summed E-state index contributed by atoms with van der Waals surface area (Å²) in [6, 6.07) is 10.7. The maximum atomic E-state index is 12.6. The third kappa shape index (κ3) is 4.54. The van der Waals surface area contributed by atoms with Crippen LogP contribution in [-0.2, 0) is 4.79 Å². The normalized spacial score (nSPS) is 14.5. The summed E-state index contributed by atoms with van der Waals surface area (Å²) in [6.07, 6.45) is 1.49. The Kier molecular flexibility index (Phi) is 6.13. The van der Waals surface area contributed by atoms with Crippen LogP contribution in [0.3, 0.4) is 0 Å². The molecule has 0 saturated carbocycles. The summed E-state index contributed by atoms with van der Waals surface area (Å²) >= 11 is 1.57. The summed E-state index contributed by atoms with van der Waals surface area (Å²) in [6.45, 7) is 1.17. The van der Waals surface area contributed by atoms with Gasteiger partial charge in [-0.2, -0.15) is 11.3 Å². The second-order valence-electron chi connectivity index (χ2n) is 7.12. The molecule has 2 aromatic heterocycles. The number of amides is 1. The van der Waals surface area contributed by atoms with E-state index in [-0.39, 0.29) is 24.0 Å². The molecule has 0 radical (unpaired) electrons. The van der Waals surface area contributed by atoms with E-state index in [0.717, 1.165) is 18.4 Å². The number of carbonyl (C=O) groups is 1. The fourth-order valence-electron chi connectivity index (χ4n) is 3.60. The molecule has 0 unspecified atom stereocenters. The van der Waals surface area contributed by atoms with Gasteiger partial charge in [0.05, 0.1) is 12.8 Å². The van der Waals surface area contributed by atoms with E-state index in [1.54, 1.807) is 35.5 Å². The van der Waals surface area contributed by atoms with Crippen molar-refractivity contribution in [2.45, 2.75) is 18.8 Å². The number of H-pyrrole nitrogens is 1. The Morgan fingerprint density at radius 1 is 1.23 bits per heavy atom. The fourth-order valence-corrected chi connectivity index (χ4v) is 4.25. The van der Waals surface area contributed by atoms with Crippen molar-refractivity contribution in [2.75, 3.05) is 26.8 Å². The molecular formula is C22H23N3O4S. The largest absolute Gasteiger partial charge is 0.493 e. The van der Waals surface area contributed by atoms with E-state index in [2.05, 4.69) is 9.97 Å². The predicted octanol–water partition coefficient (Wildman–Crippen LogP) is 3.29. The van der Waals surface area contributed by atoms with Crippen LogP contribution in [0.5, 0.6) is 11.5 Å². The first-order valence-electron chi connectivity index (χ1n) is 9.81. The van der Waals surface area contributed by atoms with Crippen LogP contribution in [0.15, 0.2) is 52.0 Å². The minimum Gasteiger partial charge on any atom is -0.493 e. The van der Waals surface area contributed by atoms with E-state index >= 15 is 0 Å². The second kappa shape index (κ2) is 9.13. The molecule has 0 atom stereocenters. The van der Waals surface area contributed by atoms with E-state index in [1.807, 2.05) is 29.0 Å². The molecule has 1 amide bonds. The molecule has 7 nitrogen and oxygen atoms in total. The van der Waals surface area contributed by atoms with Crippen LogP contribution < -0.4 is 15.0 Å². The Balaban J connectivity index is 1.36. The van der Waals surface area contributed by atoms with Crippen molar-refractivity contribution in [2.24, 2.45) is 0 Å². The van der Waals surface area contributed by atoms with Gasteiger partial charge in [0.1, 0.15) is 5.82 Å². The summed E-state index contributed by atoms with van der Waals surface area (Å²) in [7, 11) is 1.57. The summed E-state index contributed by atoms with van der Waals surface area (Å²) in [5.41, 5.74) is 1.50. The number of nitrogens with zero attached hydrogens (tertiary/aromatic N) is 2. The lowest BCUT2D eigenvalue weighted by atomic mass is 9.95. The molecule has 0 spiro atoms. The van der Waals surface area contributed by atoms with Crippen molar-refractivity contribution in [1.29, 1.82) is 0 Å². The highest BCUT2D eigenvalue weighted by Gasteiger charge is 2.26. The zero-order valence-corrected chi connectivity index (χ0v) is 17.5. The van der Waals surface area contributed by atoms with Crippen LogP contribution in [0.2, 0.25) is 0 Å². The van der Waals surface area contributed by atoms with Crippen molar-refractivity contribution in [3.8, 4) is 22.8 Å². The number of para-hydroxylation sites is 2. The van der Waals surface area contributed by atoms with Crippen molar-refractivity contribution in [3.63, 3.8) is 0 Å². The van der Waals surface area contributed by atoms with Gasteiger partial charge in [0.15, 0.2) is 18.1 Å². The Morgan fingerprint density at radius 3 is 2.70 bits per heavy atom. The maximum absolute atomic E-state index is 12.6. The predicted molar refractivity (Wildman–Crippen MR) is 115 cm³/mol. The number of carbonyl (C=O) groups excluding carboxylic acids is 1. The standard InChI is InChI=1S/C22H23N3O4S/c1-28-18-4-2-3-5-19(18)29-13-21(27)25-9-6-15(7-10-25)22-23-17(12-20(26)24-22)16-8-11-30-14-16/h2-5,8,11-12,14-15H,6-7,9-10,13H2,1H3,(H,23,24,26). The van der Waals surface area contributed by atoms with Gasteiger partial charge in [-0.25, -0.2) is 4.98 Å². The minimum absolute atomic E-state index is 0.0340. The topological polar surface area (TPSA) is 84.5 Å². The van der Waals surface area contributed by atoms with Crippen LogP contribution >= 0.6 is 11.3 Å². The summed E-state index contributed by atoms with van der Waals surface area (Å²) < 4.78 is 10.9. The van der Waals surface area contributed by atoms with Crippen molar-refractivity contribution < 1.29 is 14.3 Å². The van der Waals surface area contributed by atoms with Gasteiger partial charge in [-0.15, -0.1) is 0 Å². The van der Waals surface area contributed by atoms with Gasteiger partial charge in [0, 0.05) is 36.0 Å². The highest BCUT2D eigenvalue weighted by atomic mass is 32.1. The van der Waals surface area contributed by atoms with Gasteiger partial charge >= 0.3 is 0 Å². The Labute approximate surface area is 178 Å². The van der Waals surface area contributed by atoms with Crippen LogP contribution in [0.25, 0.3) is 11.3 Å². The molecular weight excluding hydrogens is 402 g/mol. The van der Waals surface area contributed by atoms with Gasteiger partial charge in [0.2, 0.25) is 0 Å². The fraction of sp³-hybridized carbons (Fsp3) is 0.318. The molecule has 1 aliphatic rings. The molecule has 1 aromatic carbocycles. The van der Waals surface area contributed by atoms with Crippen LogP contribution in [0.1, 0.15) is 24.6 Å². The number of aromatic amines is 1. The zero-order chi connectivity index (χ0) is 20.9. The molecule has 1 N–H and O–H groups in total. The average Bonchev–Trinajstić information content (AvgIpc) is 3.32. The van der Waals surface area contributed by atoms with Gasteiger partial charge < -0.3 is 19.4 Å². The highest BCUT2D eigenvalue weighted by molar-refractivity contribution is 7.08. The number of aromatic nitrogens is 2. The molecule has 8 heteroatoms. The number of nitrogens with one attached hydrogen (secondary N) is 1. The number of hydrogen-bond donors (Lipinski definition) is 1. The molecule has 3 aromatic rings. The number of likely N-dealkylation sites (tertiary alicyclic amines) is 1. The van der Waals surface area contributed by atoms with E-state index < -0.39 is 0 Å². The first-order chi connectivity index (χ1) is 14.6. The molecule has 0 bridgehead atoms. The van der Waals surface area contributed by atoms with E-state index in [1.165, 1.54) is 6.07 Å². The number of piperidine rings is 1. The van der Waals surface area contributed by atoms with E-state index in [0.29, 0.717) is 36.1 Å². The van der Waals surface area contributed by atoms with E-state index in [9.17, 15) is 9.59 Å². The SMILES string of the molecule is COc1ccccc1OCC(=O)N1CCC(c2nc(-c3ccsc3)cc(=O)[nH]2)CC1. The number of benzene rings is 1. The number of thiophene rings is 1. The number of ether oxygens (including phenoxy) is 2. The molecule has 1 fully saturated rings. The third-order valence-electron chi connectivity index (χ3n) is 5.23. The highest BCUT2D eigenvalue weighted by Crippen LogP contribution is 2.28. The lowest BCUT2D eigenvalue weighted by Crippen LogP contribution is -2.41. The van der Waals surface area contributed by atoms with Gasteiger partial charge in [-0.1, -0.05) is 12.1 Å². The Morgan fingerprint density at radius 2 is 2.00 bits per heavy atom. The number of methoxy groups -OCH3 is 1. The van der Waals surface area contributed by atoms with Crippen molar-refractivity contribution in [3.05, 3.63) is 63.3 Å². The van der Waals surface area contributed by atoms with Crippen LogP contribution in [-0.4, -0.2) is 47.6 Å². The number of rotatable bonds is 6. The minimum atomic E-state index is -0.148. The lowest BCUT2D eigenvalue weighted by molar-refractivity contribution is -0.134. The van der Waals surface area contributed by atoms with Crippen molar-refractivity contribution >= 4 is 17.2 Å². The maximum Gasteiger partial charge on any atom is 0.260 e. The summed E-state index contributed by atoms with van der Waals surface area (Å²) in [5.74, 6) is 1.91. The smallest absolute Gasteiger partial charge is 0.260 e. The molecule has 3 heterocycles. The first kappa shape index (κ1) is 20.2. The lowest BCUT2D eigenvalue weighted by Gasteiger charge is -2.31. The molecule has 4 rings (SSSR count). The Bertz CT molecular complexity index is 1060. The summed E-state index contributed by atoms with van der Waals surface area (Å²) in [5, 5.41) is 3.95. The Hall–Kier alpha value is -3.13. The quantitative estimate of drug-likeness (QED) is 0.655. The molecule has 30 heavy (non-hydrogen) atoms. The number of hydrogen-bond acceptors (Lipinski definition) is 6. The van der Waals surface area contributed by atoms with Gasteiger partial charge in [-0.3, -0.25) is 9.59 Å². The molecule has 1 aliphatic heterocycles. The second-order valence-corrected chi connectivity index (χ2v) is 7.90. The zero-order valence-electron chi connectivity index (χ0n) is 16.7. The summed E-state index contributed by atoms with van der Waals surface area (Å²) in [4.78, 5) is 34.0. The monoisotopic (exact) mass is 425 g/mol. The molecule has 1 saturated heterocycles. The van der Waals surface area contributed by atoms with E-state index in [4.69, 9.17) is 9.47 Å². The van der Waals surface area contributed by atoms with Crippen LogP contribution in [0, 0.1) is 0 Å². The average molecular weight is 426 g/mol. The first-order valence-corrected chi connectivity index (χ1v) is 10.8. The van der Waals surface area contributed by atoms with Crippen molar-refractivity contribution in [1.82, 2.24) is 14.9 Å². The van der Waals surface area contributed by atoms with Gasteiger partial charge in [-0.05, 0) is 36.4 Å². The molecule has 156 valence electrons. The van der Waals surface area contributed by atoms with Crippen LogP contribution in [0.4, 0.5) is 0 Å².